The van der Waals surface area contributed by atoms with E-state index in [4.69, 9.17) is 5.11 Å². The van der Waals surface area contributed by atoms with Gasteiger partial charge in [0.05, 0.1) is 6.54 Å². The molecule has 0 bridgehead atoms. The van der Waals surface area contributed by atoms with Gasteiger partial charge in [-0.1, -0.05) is 0 Å². The highest BCUT2D eigenvalue weighted by atomic mass is 16.4. The lowest BCUT2D eigenvalue weighted by Gasteiger charge is -2.06. The van der Waals surface area contributed by atoms with E-state index < -0.39 is 5.97 Å². The highest BCUT2D eigenvalue weighted by molar-refractivity contribution is 5.85. The zero-order valence-corrected chi connectivity index (χ0v) is 9.83. The van der Waals surface area contributed by atoms with Crippen molar-refractivity contribution < 1.29 is 9.90 Å². The van der Waals surface area contributed by atoms with Gasteiger partial charge in [-0.3, -0.25) is 4.79 Å². The van der Waals surface area contributed by atoms with Gasteiger partial charge in [0.15, 0.2) is 0 Å². The number of hydrogen-bond donors (Lipinski definition) is 1. The smallest absolute Gasteiger partial charge is 0.354 e. The molecule has 0 amide bonds. The first-order valence-corrected chi connectivity index (χ1v) is 5.41. The first kappa shape index (κ1) is 12.0. The molecule has 1 N–H and O–H groups in total. The summed E-state index contributed by atoms with van der Waals surface area (Å²) < 4.78 is 1.52. The summed E-state index contributed by atoms with van der Waals surface area (Å²) in [7, 11) is 0. The molecule has 0 aromatic carbocycles. The Hall–Kier alpha value is -2.43. The monoisotopic (exact) mass is 244 g/mol. The molecule has 0 aliphatic carbocycles. The molecule has 0 unspecified atom stereocenters. The number of aromatic carboxylic acids is 1. The minimum Gasteiger partial charge on any atom is -0.477 e. The molecule has 0 aliphatic rings. The quantitative estimate of drug-likeness (QED) is 0.883. The number of rotatable bonds is 3. The van der Waals surface area contributed by atoms with Crippen LogP contribution in [-0.4, -0.2) is 20.6 Å². The van der Waals surface area contributed by atoms with Gasteiger partial charge in [0.2, 0.25) is 0 Å². The van der Waals surface area contributed by atoms with Crippen molar-refractivity contribution >= 4 is 5.97 Å². The van der Waals surface area contributed by atoms with Crippen molar-refractivity contribution in [2.24, 2.45) is 0 Å². The zero-order valence-electron chi connectivity index (χ0n) is 9.83. The Bertz CT molecular complexity index is 647. The number of hydrogen-bond acceptors (Lipinski definition) is 3. The van der Waals surface area contributed by atoms with Crippen LogP contribution in [0.5, 0.6) is 0 Å². The van der Waals surface area contributed by atoms with Crippen molar-refractivity contribution in [1.29, 1.82) is 0 Å². The summed E-state index contributed by atoms with van der Waals surface area (Å²) in [5.74, 6) is -1.08. The molecule has 92 valence electrons. The molecule has 2 aromatic heterocycles. The lowest BCUT2D eigenvalue weighted by atomic mass is 10.2. The van der Waals surface area contributed by atoms with Crippen LogP contribution in [0.4, 0.5) is 0 Å². The second kappa shape index (κ2) is 4.83. The molecule has 0 atom stereocenters. The number of pyridine rings is 2. The third-order valence-electron chi connectivity index (χ3n) is 2.55. The number of carbonyl (C=O) groups is 1. The predicted molar refractivity (Wildman–Crippen MR) is 65.7 cm³/mol. The third kappa shape index (κ3) is 2.63. The van der Waals surface area contributed by atoms with Crippen molar-refractivity contribution in [3.05, 3.63) is 63.8 Å². The molecule has 0 aliphatic heterocycles. The average Bonchev–Trinajstić information content (AvgIpc) is 2.33. The van der Waals surface area contributed by atoms with E-state index >= 15 is 0 Å². The van der Waals surface area contributed by atoms with Crippen molar-refractivity contribution in [1.82, 2.24) is 9.55 Å². The second-order valence-electron chi connectivity index (χ2n) is 4.02. The van der Waals surface area contributed by atoms with E-state index in [0.29, 0.717) is 6.54 Å². The SMILES string of the molecule is Cc1ccn(Cc2ccnc(C(=O)O)c2)c(=O)c1. The summed E-state index contributed by atoms with van der Waals surface area (Å²) in [4.78, 5) is 26.2. The highest BCUT2D eigenvalue weighted by Crippen LogP contribution is 2.04. The van der Waals surface area contributed by atoms with Crippen LogP contribution in [0.15, 0.2) is 41.5 Å². The van der Waals surface area contributed by atoms with Crippen molar-refractivity contribution in [2.75, 3.05) is 0 Å². The van der Waals surface area contributed by atoms with Gasteiger partial charge in [0.1, 0.15) is 5.69 Å². The molecule has 2 aromatic rings. The summed E-state index contributed by atoms with van der Waals surface area (Å²) in [6.45, 7) is 2.18. The number of carboxylic acids is 1. The third-order valence-corrected chi connectivity index (χ3v) is 2.55. The summed E-state index contributed by atoms with van der Waals surface area (Å²) in [6, 6.07) is 6.54. The molecular formula is C13H12N2O3. The lowest BCUT2D eigenvalue weighted by molar-refractivity contribution is 0.0690. The van der Waals surface area contributed by atoms with Crippen molar-refractivity contribution in [3.8, 4) is 0 Å². The second-order valence-corrected chi connectivity index (χ2v) is 4.02. The fourth-order valence-corrected chi connectivity index (χ4v) is 1.62. The Balaban J connectivity index is 2.31. The summed E-state index contributed by atoms with van der Waals surface area (Å²) in [5.41, 5.74) is 1.50. The fourth-order valence-electron chi connectivity index (χ4n) is 1.62. The number of nitrogens with zero attached hydrogens (tertiary/aromatic N) is 2. The van der Waals surface area contributed by atoms with Gasteiger partial charge < -0.3 is 9.67 Å². The van der Waals surface area contributed by atoms with E-state index in [9.17, 15) is 9.59 Å². The van der Waals surface area contributed by atoms with Crippen LogP contribution in [0.2, 0.25) is 0 Å². The van der Waals surface area contributed by atoms with E-state index in [-0.39, 0.29) is 11.3 Å². The van der Waals surface area contributed by atoms with Crippen molar-refractivity contribution in [3.63, 3.8) is 0 Å². The Kier molecular flexibility index (Phi) is 3.23. The molecule has 0 saturated heterocycles. The van der Waals surface area contributed by atoms with Gasteiger partial charge in [-0.15, -0.1) is 0 Å². The maximum Gasteiger partial charge on any atom is 0.354 e. The normalized spacial score (nSPS) is 10.3. The Morgan fingerprint density at radius 2 is 2.17 bits per heavy atom. The summed E-state index contributed by atoms with van der Waals surface area (Å²) in [6.07, 6.45) is 3.12. The Labute approximate surface area is 103 Å². The predicted octanol–water partition coefficient (Wildman–Crippen LogP) is 1.30. The zero-order chi connectivity index (χ0) is 13.1. The van der Waals surface area contributed by atoms with Crippen LogP contribution in [0.1, 0.15) is 21.6 Å². The van der Waals surface area contributed by atoms with Gasteiger partial charge >= 0.3 is 5.97 Å². The number of aryl methyl sites for hydroxylation is 1. The Morgan fingerprint density at radius 1 is 1.39 bits per heavy atom. The maximum absolute atomic E-state index is 11.7. The maximum atomic E-state index is 11.7. The largest absolute Gasteiger partial charge is 0.477 e. The first-order valence-electron chi connectivity index (χ1n) is 5.41. The van der Waals surface area contributed by atoms with Gasteiger partial charge in [-0.05, 0) is 36.2 Å². The molecule has 0 radical (unpaired) electrons. The average molecular weight is 244 g/mol. The Morgan fingerprint density at radius 3 is 2.83 bits per heavy atom. The molecule has 2 heterocycles. The van der Waals surface area contributed by atoms with Gasteiger partial charge in [0.25, 0.3) is 5.56 Å². The first-order chi connectivity index (χ1) is 8.56. The standard InChI is InChI=1S/C13H12N2O3/c1-9-3-5-15(12(16)6-9)8-10-2-4-14-11(7-10)13(17)18/h2-7H,8H2,1H3,(H,17,18). The van der Waals surface area contributed by atoms with E-state index in [0.717, 1.165) is 11.1 Å². The molecule has 2 rings (SSSR count). The molecule has 5 nitrogen and oxygen atoms in total. The minimum atomic E-state index is -1.08. The highest BCUT2D eigenvalue weighted by Gasteiger charge is 2.05. The summed E-state index contributed by atoms with van der Waals surface area (Å²) >= 11 is 0. The van der Waals surface area contributed by atoms with Crippen LogP contribution < -0.4 is 5.56 Å². The molecule has 18 heavy (non-hydrogen) atoms. The lowest BCUT2D eigenvalue weighted by Crippen LogP contribution is -2.19. The van der Waals surface area contributed by atoms with Crippen LogP contribution in [-0.2, 0) is 6.54 Å². The molecule has 0 spiro atoms. The van der Waals surface area contributed by atoms with E-state index in [2.05, 4.69) is 4.98 Å². The molecule has 0 fully saturated rings. The minimum absolute atomic E-state index is 0.0207. The van der Waals surface area contributed by atoms with E-state index in [1.807, 2.05) is 13.0 Å². The topological polar surface area (TPSA) is 72.2 Å². The molecule has 5 heteroatoms. The van der Waals surface area contributed by atoms with Gasteiger partial charge in [-0.2, -0.15) is 0 Å². The van der Waals surface area contributed by atoms with Gasteiger partial charge in [-0.25, -0.2) is 9.78 Å². The van der Waals surface area contributed by atoms with E-state index in [1.165, 1.54) is 16.8 Å². The molecule has 0 saturated carbocycles. The van der Waals surface area contributed by atoms with E-state index in [1.54, 1.807) is 18.3 Å². The number of aromatic nitrogens is 2. The fraction of sp³-hybridized carbons (Fsp3) is 0.154. The van der Waals surface area contributed by atoms with Crippen molar-refractivity contribution in [2.45, 2.75) is 13.5 Å². The van der Waals surface area contributed by atoms with Crippen LogP contribution >= 0.6 is 0 Å². The van der Waals surface area contributed by atoms with Crippen LogP contribution in [0.3, 0.4) is 0 Å². The van der Waals surface area contributed by atoms with Crippen LogP contribution in [0.25, 0.3) is 0 Å². The number of carboxylic acid groups (broad SMARTS) is 1. The summed E-state index contributed by atoms with van der Waals surface area (Å²) in [5, 5.41) is 8.84. The molecular weight excluding hydrogens is 232 g/mol. The van der Waals surface area contributed by atoms with Crippen LogP contribution in [0, 0.1) is 6.92 Å². The van der Waals surface area contributed by atoms with Gasteiger partial charge in [0, 0.05) is 18.5 Å².